The molecular weight excluding hydrogens is 286 g/mol. The average molecular weight is 301 g/mol. The first-order chi connectivity index (χ1) is 9.61. The first kappa shape index (κ1) is 13.8. The Morgan fingerprint density at radius 3 is 2.90 bits per heavy atom. The summed E-state index contributed by atoms with van der Waals surface area (Å²) in [5.41, 5.74) is 0.676. The molecule has 1 saturated heterocycles. The van der Waals surface area contributed by atoms with Crippen molar-refractivity contribution in [3.63, 3.8) is 0 Å². The number of hydrogen-bond acceptors (Lipinski definition) is 2. The minimum absolute atomic E-state index is 0.00666. The lowest BCUT2D eigenvalue weighted by molar-refractivity contribution is 0.108. The first-order valence-corrected chi connectivity index (χ1v) is 7.18. The van der Waals surface area contributed by atoms with E-state index in [1.54, 1.807) is 0 Å². The third kappa shape index (κ3) is 2.19. The zero-order valence-corrected chi connectivity index (χ0v) is 11.8. The van der Waals surface area contributed by atoms with E-state index in [9.17, 15) is 8.78 Å². The van der Waals surface area contributed by atoms with Gasteiger partial charge in [-0.15, -0.1) is 11.6 Å². The summed E-state index contributed by atoms with van der Waals surface area (Å²) in [6.07, 6.45) is 1.31. The number of benzene rings is 1. The van der Waals surface area contributed by atoms with Crippen LogP contribution in [0.15, 0.2) is 12.1 Å². The van der Waals surface area contributed by atoms with Gasteiger partial charge < -0.3 is 9.30 Å². The van der Waals surface area contributed by atoms with Gasteiger partial charge in [0.1, 0.15) is 17.2 Å². The van der Waals surface area contributed by atoms with Crippen molar-refractivity contribution in [1.29, 1.82) is 0 Å². The van der Waals surface area contributed by atoms with Crippen LogP contribution < -0.4 is 0 Å². The smallest absolute Gasteiger partial charge is 0.153 e. The summed E-state index contributed by atoms with van der Waals surface area (Å²) < 4.78 is 34.9. The molecule has 0 N–H and O–H groups in total. The first-order valence-electron chi connectivity index (χ1n) is 6.65. The molecular formula is C14H15ClF2N2O. The van der Waals surface area contributed by atoms with Crippen molar-refractivity contribution in [2.24, 2.45) is 0 Å². The van der Waals surface area contributed by atoms with Crippen LogP contribution in [-0.2, 0) is 11.2 Å². The maximum Gasteiger partial charge on any atom is 0.153 e. The van der Waals surface area contributed by atoms with E-state index in [0.29, 0.717) is 30.2 Å². The van der Waals surface area contributed by atoms with Gasteiger partial charge in [-0.1, -0.05) is 0 Å². The average Bonchev–Trinajstić information content (AvgIpc) is 2.94. The monoisotopic (exact) mass is 300 g/mol. The molecule has 1 aromatic heterocycles. The van der Waals surface area contributed by atoms with Crippen LogP contribution in [0.25, 0.3) is 11.0 Å². The lowest BCUT2D eigenvalue weighted by Crippen LogP contribution is -2.19. The topological polar surface area (TPSA) is 27.1 Å². The number of fused-ring (bicyclic) bond motifs is 1. The molecule has 20 heavy (non-hydrogen) atoms. The van der Waals surface area contributed by atoms with Crippen LogP contribution in [0.3, 0.4) is 0 Å². The van der Waals surface area contributed by atoms with Gasteiger partial charge in [-0.05, 0) is 19.4 Å². The molecule has 1 fully saturated rings. The lowest BCUT2D eigenvalue weighted by atomic mass is 10.1. The van der Waals surface area contributed by atoms with Crippen LogP contribution in [0.5, 0.6) is 0 Å². The normalized spacial score (nSPS) is 22.8. The highest BCUT2D eigenvalue weighted by Crippen LogP contribution is 2.32. The number of nitrogens with zero attached hydrogens (tertiary/aromatic N) is 2. The summed E-state index contributed by atoms with van der Waals surface area (Å²) in [6, 6.07) is 2.23. The van der Waals surface area contributed by atoms with Crippen LogP contribution in [-0.4, -0.2) is 28.1 Å². The molecule has 0 spiro atoms. The largest absolute Gasteiger partial charge is 0.376 e. The molecule has 2 unspecified atom stereocenters. The van der Waals surface area contributed by atoms with E-state index in [-0.39, 0.29) is 17.7 Å². The number of halogens is 3. The van der Waals surface area contributed by atoms with Gasteiger partial charge in [0.25, 0.3) is 0 Å². The molecule has 1 aliphatic rings. The minimum atomic E-state index is -0.638. The number of alkyl halides is 1. The molecule has 0 saturated carbocycles. The summed E-state index contributed by atoms with van der Waals surface area (Å²) in [6.45, 7) is 2.60. The van der Waals surface area contributed by atoms with Gasteiger partial charge in [-0.3, -0.25) is 0 Å². The molecule has 2 aromatic rings. The standard InChI is InChI=1S/C14H15ClF2N2O/c1-8-11(3-5-20-8)19-12-7-9(16)6-10(17)14(12)18-13(19)2-4-15/h6-8,11H,2-5H2,1H3. The van der Waals surface area contributed by atoms with Crippen molar-refractivity contribution in [2.75, 3.05) is 12.5 Å². The Morgan fingerprint density at radius 1 is 1.45 bits per heavy atom. The summed E-state index contributed by atoms with van der Waals surface area (Å²) in [4.78, 5) is 4.30. The maximum atomic E-state index is 13.9. The van der Waals surface area contributed by atoms with E-state index < -0.39 is 11.6 Å². The molecule has 2 atom stereocenters. The minimum Gasteiger partial charge on any atom is -0.376 e. The SMILES string of the molecule is CC1OCCC1n1c(CCCl)nc2c(F)cc(F)cc21. The fourth-order valence-electron chi connectivity index (χ4n) is 2.86. The van der Waals surface area contributed by atoms with Crippen LogP contribution >= 0.6 is 11.6 Å². The van der Waals surface area contributed by atoms with Crippen LogP contribution in [0.4, 0.5) is 8.78 Å². The second kappa shape index (κ2) is 5.30. The number of hydrogen-bond donors (Lipinski definition) is 0. The summed E-state index contributed by atoms with van der Waals surface area (Å²) in [5.74, 6) is -0.168. The van der Waals surface area contributed by atoms with E-state index in [1.807, 2.05) is 11.5 Å². The zero-order valence-electron chi connectivity index (χ0n) is 11.1. The van der Waals surface area contributed by atoms with Gasteiger partial charge in [-0.2, -0.15) is 0 Å². The van der Waals surface area contributed by atoms with Gasteiger partial charge in [0.15, 0.2) is 5.82 Å². The van der Waals surface area contributed by atoms with Gasteiger partial charge in [0.2, 0.25) is 0 Å². The maximum absolute atomic E-state index is 13.9. The molecule has 6 heteroatoms. The van der Waals surface area contributed by atoms with E-state index in [4.69, 9.17) is 16.3 Å². The Balaban J connectivity index is 2.23. The molecule has 3 nitrogen and oxygen atoms in total. The molecule has 108 valence electrons. The summed E-state index contributed by atoms with van der Waals surface area (Å²) in [5, 5.41) is 0. The van der Waals surface area contributed by atoms with Crippen molar-refractivity contribution in [3.8, 4) is 0 Å². The number of imidazole rings is 1. The highest BCUT2D eigenvalue weighted by molar-refractivity contribution is 6.17. The Bertz CT molecular complexity index is 644. The Hall–Kier alpha value is -1.20. The summed E-state index contributed by atoms with van der Waals surface area (Å²) in [7, 11) is 0. The number of rotatable bonds is 3. The highest BCUT2D eigenvalue weighted by atomic mass is 35.5. The second-order valence-electron chi connectivity index (χ2n) is 5.02. The number of aryl methyl sites for hydroxylation is 1. The van der Waals surface area contributed by atoms with Gasteiger partial charge >= 0.3 is 0 Å². The number of aromatic nitrogens is 2. The third-order valence-electron chi connectivity index (χ3n) is 3.77. The van der Waals surface area contributed by atoms with Crippen molar-refractivity contribution < 1.29 is 13.5 Å². The molecule has 0 radical (unpaired) electrons. The van der Waals surface area contributed by atoms with E-state index in [2.05, 4.69) is 4.98 Å². The predicted octanol–water partition coefficient (Wildman–Crippen LogP) is 3.45. The Morgan fingerprint density at radius 2 is 2.25 bits per heavy atom. The molecule has 0 bridgehead atoms. The van der Waals surface area contributed by atoms with Crippen LogP contribution in [0, 0.1) is 11.6 Å². The van der Waals surface area contributed by atoms with E-state index in [0.717, 1.165) is 12.5 Å². The lowest BCUT2D eigenvalue weighted by Gasteiger charge is -2.19. The highest BCUT2D eigenvalue weighted by Gasteiger charge is 2.30. The molecule has 1 aliphatic heterocycles. The molecule has 0 aliphatic carbocycles. The van der Waals surface area contributed by atoms with Crippen LogP contribution in [0.2, 0.25) is 0 Å². The molecule has 1 aromatic carbocycles. The van der Waals surface area contributed by atoms with Crippen molar-refractivity contribution >= 4 is 22.6 Å². The van der Waals surface area contributed by atoms with Crippen molar-refractivity contribution in [1.82, 2.24) is 9.55 Å². The Kier molecular flexibility index (Phi) is 3.65. The fourth-order valence-corrected chi connectivity index (χ4v) is 3.03. The van der Waals surface area contributed by atoms with Crippen molar-refractivity contribution in [3.05, 3.63) is 29.6 Å². The molecule has 0 amide bonds. The van der Waals surface area contributed by atoms with Gasteiger partial charge in [0.05, 0.1) is 17.7 Å². The van der Waals surface area contributed by atoms with E-state index >= 15 is 0 Å². The summed E-state index contributed by atoms with van der Waals surface area (Å²) >= 11 is 5.80. The number of ether oxygens (including phenoxy) is 1. The molecule has 2 heterocycles. The van der Waals surface area contributed by atoms with Gasteiger partial charge in [0, 0.05) is 25.0 Å². The Labute approximate surface area is 120 Å². The van der Waals surface area contributed by atoms with Gasteiger partial charge in [-0.25, -0.2) is 13.8 Å². The quantitative estimate of drug-likeness (QED) is 0.812. The third-order valence-corrected chi connectivity index (χ3v) is 3.96. The predicted molar refractivity (Wildman–Crippen MR) is 73.1 cm³/mol. The van der Waals surface area contributed by atoms with Crippen molar-refractivity contribution in [2.45, 2.75) is 31.9 Å². The molecule has 3 rings (SSSR count). The zero-order chi connectivity index (χ0) is 14.3. The van der Waals surface area contributed by atoms with Crippen LogP contribution in [0.1, 0.15) is 25.2 Å². The second-order valence-corrected chi connectivity index (χ2v) is 5.40. The van der Waals surface area contributed by atoms with E-state index in [1.165, 1.54) is 6.07 Å². The fraction of sp³-hybridized carbons (Fsp3) is 0.500.